The maximum absolute atomic E-state index is 11.9. The van der Waals surface area contributed by atoms with Gasteiger partial charge in [-0.2, -0.15) is 0 Å². The number of hydrogen-bond acceptors (Lipinski definition) is 5. The molecule has 0 bridgehead atoms. The summed E-state index contributed by atoms with van der Waals surface area (Å²) in [5.74, 6) is 0.788. The normalized spacial score (nSPS) is 11.9. The average Bonchev–Trinajstić information content (AvgIpc) is 2.53. The Labute approximate surface area is 146 Å². The number of carbonyl (C=O) groups excluding carboxylic acids is 1. The van der Waals surface area contributed by atoms with Gasteiger partial charge in [0, 0.05) is 17.1 Å². The van der Waals surface area contributed by atoms with Crippen LogP contribution in [-0.4, -0.2) is 43.0 Å². The summed E-state index contributed by atoms with van der Waals surface area (Å²) in [4.78, 5) is 24.0. The van der Waals surface area contributed by atoms with Gasteiger partial charge in [-0.15, -0.1) is 11.8 Å². The molecule has 0 aliphatic carbocycles. The number of carboxylic acid groups (broad SMARTS) is 1. The van der Waals surface area contributed by atoms with Gasteiger partial charge in [0.05, 0.1) is 14.2 Å². The summed E-state index contributed by atoms with van der Waals surface area (Å²) >= 11 is 1.50. The Morgan fingerprint density at radius 1 is 1.21 bits per heavy atom. The van der Waals surface area contributed by atoms with Crippen LogP contribution >= 0.6 is 11.8 Å². The largest absolute Gasteiger partial charge is 0.493 e. The van der Waals surface area contributed by atoms with Crippen molar-refractivity contribution >= 4 is 23.6 Å². The number of rotatable bonds is 10. The summed E-state index contributed by atoms with van der Waals surface area (Å²) in [5.41, 5.74) is 0. The molecule has 0 aliphatic heterocycles. The molecule has 6 nitrogen and oxygen atoms in total. The fraction of sp³-hybridized carbons (Fsp3) is 0.529. The van der Waals surface area contributed by atoms with Gasteiger partial charge in [0.15, 0.2) is 11.5 Å². The Morgan fingerprint density at radius 2 is 1.88 bits per heavy atom. The number of hydrogen-bond donors (Lipinski definition) is 2. The third-order valence-electron chi connectivity index (χ3n) is 3.29. The second-order valence-electron chi connectivity index (χ2n) is 5.70. The van der Waals surface area contributed by atoms with E-state index in [1.165, 1.54) is 11.8 Å². The molecule has 0 aromatic heterocycles. The van der Waals surface area contributed by atoms with Crippen molar-refractivity contribution in [2.75, 3.05) is 20.0 Å². The highest BCUT2D eigenvalue weighted by Gasteiger charge is 2.20. The lowest BCUT2D eigenvalue weighted by atomic mass is 10.0. The molecule has 0 unspecified atom stereocenters. The first-order valence-corrected chi connectivity index (χ1v) is 8.73. The highest BCUT2D eigenvalue weighted by molar-refractivity contribution is 7.99. The van der Waals surface area contributed by atoms with Crippen molar-refractivity contribution < 1.29 is 24.2 Å². The molecule has 24 heavy (non-hydrogen) atoms. The van der Waals surface area contributed by atoms with Crippen LogP contribution in [0.2, 0.25) is 0 Å². The molecule has 1 aromatic rings. The molecular weight excluding hydrogens is 330 g/mol. The second-order valence-corrected chi connectivity index (χ2v) is 6.87. The van der Waals surface area contributed by atoms with E-state index < -0.39 is 12.0 Å². The predicted molar refractivity (Wildman–Crippen MR) is 93.9 cm³/mol. The van der Waals surface area contributed by atoms with E-state index >= 15 is 0 Å². The van der Waals surface area contributed by atoms with Crippen LogP contribution in [0.5, 0.6) is 11.5 Å². The number of ether oxygens (including phenoxy) is 2. The zero-order valence-electron chi connectivity index (χ0n) is 14.5. The Hall–Kier alpha value is -1.89. The van der Waals surface area contributed by atoms with Crippen LogP contribution in [0.3, 0.4) is 0 Å². The Kier molecular flexibility index (Phi) is 8.46. The molecule has 1 aromatic carbocycles. The van der Waals surface area contributed by atoms with Gasteiger partial charge in [0.2, 0.25) is 5.91 Å². The van der Waals surface area contributed by atoms with Crippen molar-refractivity contribution in [1.29, 1.82) is 0 Å². The number of methoxy groups -OCH3 is 2. The number of aliphatic carboxylic acids is 1. The zero-order chi connectivity index (χ0) is 18.1. The maximum Gasteiger partial charge on any atom is 0.326 e. The highest BCUT2D eigenvalue weighted by atomic mass is 32.2. The summed E-state index contributed by atoms with van der Waals surface area (Å²) in [6.07, 6.45) is 0.671. The lowest BCUT2D eigenvalue weighted by Gasteiger charge is -2.16. The molecule has 0 aliphatic rings. The number of amides is 1. The number of thioether (sulfide) groups is 1. The van der Waals surface area contributed by atoms with Crippen LogP contribution in [0.15, 0.2) is 23.1 Å². The third-order valence-corrected chi connectivity index (χ3v) is 4.29. The molecule has 2 N–H and O–H groups in total. The number of carbonyl (C=O) groups is 2. The molecule has 1 atom stereocenters. The second kappa shape index (κ2) is 10.1. The van der Waals surface area contributed by atoms with E-state index in [0.717, 1.165) is 4.90 Å². The van der Waals surface area contributed by atoms with Crippen LogP contribution in [0, 0.1) is 5.92 Å². The Morgan fingerprint density at radius 3 is 2.42 bits per heavy atom. The lowest BCUT2D eigenvalue weighted by molar-refractivity contribution is -0.142. The summed E-state index contributed by atoms with van der Waals surface area (Å²) in [6.45, 7) is 3.85. The highest BCUT2D eigenvalue weighted by Crippen LogP contribution is 2.31. The molecule has 0 saturated heterocycles. The van der Waals surface area contributed by atoms with E-state index in [1.807, 2.05) is 32.0 Å². The van der Waals surface area contributed by atoms with Crippen LogP contribution in [0.4, 0.5) is 0 Å². The summed E-state index contributed by atoms with van der Waals surface area (Å²) in [6, 6.07) is 4.72. The van der Waals surface area contributed by atoms with Gasteiger partial charge in [-0.25, -0.2) is 4.79 Å². The summed E-state index contributed by atoms with van der Waals surface area (Å²) in [5, 5.41) is 11.7. The summed E-state index contributed by atoms with van der Waals surface area (Å²) < 4.78 is 10.4. The standard InChI is InChI=1S/C17H25NO5S/c1-11(2)9-13(17(20)21)18-16(19)7-8-24-12-5-6-14(22-3)15(10-12)23-4/h5-6,10-11,13H,7-9H2,1-4H3,(H,18,19)(H,20,21)/t13-/m0/s1. The molecule has 7 heteroatoms. The minimum absolute atomic E-state index is 0.201. The van der Waals surface area contributed by atoms with Gasteiger partial charge in [-0.05, 0) is 30.5 Å². The van der Waals surface area contributed by atoms with E-state index in [0.29, 0.717) is 23.7 Å². The number of nitrogens with one attached hydrogen (secondary N) is 1. The quantitative estimate of drug-likeness (QED) is 0.628. The van der Waals surface area contributed by atoms with Gasteiger partial charge >= 0.3 is 5.97 Å². The molecule has 0 saturated carbocycles. The van der Waals surface area contributed by atoms with Crippen LogP contribution in [-0.2, 0) is 9.59 Å². The van der Waals surface area contributed by atoms with Crippen LogP contribution in [0.1, 0.15) is 26.7 Å². The van der Waals surface area contributed by atoms with E-state index in [1.54, 1.807) is 14.2 Å². The molecule has 1 amide bonds. The van der Waals surface area contributed by atoms with E-state index in [2.05, 4.69) is 5.32 Å². The van der Waals surface area contributed by atoms with E-state index in [9.17, 15) is 9.59 Å². The number of benzene rings is 1. The van der Waals surface area contributed by atoms with Gasteiger partial charge in [-0.3, -0.25) is 4.79 Å². The first-order valence-electron chi connectivity index (χ1n) is 7.74. The third kappa shape index (κ3) is 6.70. The topological polar surface area (TPSA) is 84.9 Å². The fourth-order valence-electron chi connectivity index (χ4n) is 2.13. The predicted octanol–water partition coefficient (Wildman–Crippen LogP) is 2.80. The molecule has 0 spiro atoms. The van der Waals surface area contributed by atoms with Crippen molar-refractivity contribution in [3.05, 3.63) is 18.2 Å². The minimum Gasteiger partial charge on any atom is -0.493 e. The van der Waals surface area contributed by atoms with Gasteiger partial charge < -0.3 is 19.9 Å². The lowest BCUT2D eigenvalue weighted by Crippen LogP contribution is -2.41. The molecule has 134 valence electrons. The van der Waals surface area contributed by atoms with Crippen molar-refractivity contribution in [3.63, 3.8) is 0 Å². The maximum atomic E-state index is 11.9. The van der Waals surface area contributed by atoms with Crippen molar-refractivity contribution in [1.82, 2.24) is 5.32 Å². The Bertz CT molecular complexity index is 562. The molecule has 1 rings (SSSR count). The number of carboxylic acids is 1. The van der Waals surface area contributed by atoms with E-state index in [4.69, 9.17) is 14.6 Å². The van der Waals surface area contributed by atoms with Crippen LogP contribution in [0.25, 0.3) is 0 Å². The monoisotopic (exact) mass is 355 g/mol. The SMILES string of the molecule is COc1ccc(SCCC(=O)N[C@@H](CC(C)C)C(=O)O)cc1OC. The van der Waals surface area contributed by atoms with Crippen LogP contribution < -0.4 is 14.8 Å². The fourth-order valence-corrected chi connectivity index (χ4v) is 3.01. The molecule has 0 heterocycles. The first kappa shape index (κ1) is 20.2. The molecular formula is C17H25NO5S. The molecule has 0 radical (unpaired) electrons. The first-order chi connectivity index (χ1) is 11.4. The van der Waals surface area contributed by atoms with Gasteiger partial charge in [0.1, 0.15) is 6.04 Å². The Balaban J connectivity index is 2.49. The van der Waals surface area contributed by atoms with Crippen molar-refractivity contribution in [2.24, 2.45) is 5.92 Å². The average molecular weight is 355 g/mol. The zero-order valence-corrected chi connectivity index (χ0v) is 15.3. The van der Waals surface area contributed by atoms with Crippen molar-refractivity contribution in [3.8, 4) is 11.5 Å². The molecule has 0 fully saturated rings. The van der Waals surface area contributed by atoms with E-state index in [-0.39, 0.29) is 18.2 Å². The smallest absolute Gasteiger partial charge is 0.326 e. The van der Waals surface area contributed by atoms with Crippen molar-refractivity contribution in [2.45, 2.75) is 37.6 Å². The minimum atomic E-state index is -0.996. The summed E-state index contributed by atoms with van der Waals surface area (Å²) in [7, 11) is 3.14. The van der Waals surface area contributed by atoms with Gasteiger partial charge in [-0.1, -0.05) is 13.8 Å². The van der Waals surface area contributed by atoms with Gasteiger partial charge in [0.25, 0.3) is 0 Å².